The van der Waals surface area contributed by atoms with Gasteiger partial charge in [-0.2, -0.15) is 0 Å². The van der Waals surface area contributed by atoms with Crippen molar-refractivity contribution in [2.24, 2.45) is 0 Å². The first kappa shape index (κ1) is 21.5. The molecule has 30 heavy (non-hydrogen) atoms. The van der Waals surface area contributed by atoms with Gasteiger partial charge in [0, 0.05) is 29.4 Å². The molecule has 7 heteroatoms. The van der Waals surface area contributed by atoms with Crippen molar-refractivity contribution < 1.29 is 14.3 Å². The van der Waals surface area contributed by atoms with Gasteiger partial charge >= 0.3 is 0 Å². The largest absolute Gasteiger partial charge is 0.493 e. The summed E-state index contributed by atoms with van der Waals surface area (Å²) in [6.07, 6.45) is 6.78. The lowest BCUT2D eigenvalue weighted by atomic mass is 10.2. The van der Waals surface area contributed by atoms with Crippen molar-refractivity contribution >= 4 is 23.3 Å². The van der Waals surface area contributed by atoms with Gasteiger partial charge in [0.15, 0.2) is 11.5 Å². The highest BCUT2D eigenvalue weighted by atomic mass is 32.1. The van der Waals surface area contributed by atoms with Crippen LogP contribution < -0.4 is 14.8 Å². The van der Waals surface area contributed by atoms with Gasteiger partial charge in [0.2, 0.25) is 5.91 Å². The van der Waals surface area contributed by atoms with Crippen molar-refractivity contribution in [1.82, 2.24) is 15.3 Å². The molecule has 1 amide bonds. The number of carbonyl (C=O) groups excluding carboxylic acids is 1. The van der Waals surface area contributed by atoms with E-state index in [2.05, 4.69) is 15.3 Å². The van der Waals surface area contributed by atoms with Crippen LogP contribution in [0.3, 0.4) is 0 Å². The molecule has 0 bridgehead atoms. The molecule has 0 saturated heterocycles. The summed E-state index contributed by atoms with van der Waals surface area (Å²) in [7, 11) is 1.60. The number of thiazole rings is 1. The van der Waals surface area contributed by atoms with Crippen LogP contribution in [0.1, 0.15) is 37.4 Å². The molecular weight excluding hydrogens is 398 g/mol. The molecule has 0 fully saturated rings. The first-order chi connectivity index (χ1) is 14.5. The van der Waals surface area contributed by atoms with Gasteiger partial charge in [0.1, 0.15) is 5.01 Å². The molecule has 2 aromatic heterocycles. The van der Waals surface area contributed by atoms with Gasteiger partial charge in [0.25, 0.3) is 0 Å². The van der Waals surface area contributed by atoms with Crippen LogP contribution in [-0.4, -0.2) is 29.1 Å². The number of nitrogens with zero attached hydrogens (tertiary/aromatic N) is 2. The SMILES string of the molecule is COc1cc(C=CC(=O)NC(C)c2nc(-c3ccncc3)cs2)ccc1OC(C)C. The maximum absolute atomic E-state index is 12.4. The first-order valence-electron chi connectivity index (χ1n) is 9.65. The standard InChI is InChI=1S/C23H25N3O3S/c1-15(2)29-20-7-5-17(13-21(20)28-4)6-8-22(27)25-16(3)23-26-19(14-30-23)18-9-11-24-12-10-18/h5-16H,1-4H3,(H,25,27). The molecule has 1 aromatic carbocycles. The number of methoxy groups -OCH3 is 1. The van der Waals surface area contributed by atoms with Gasteiger partial charge in [-0.1, -0.05) is 6.07 Å². The molecule has 0 aliphatic carbocycles. The predicted octanol–water partition coefficient (Wildman–Crippen LogP) is 4.89. The monoisotopic (exact) mass is 423 g/mol. The Morgan fingerprint density at radius 3 is 2.60 bits per heavy atom. The maximum atomic E-state index is 12.4. The summed E-state index contributed by atoms with van der Waals surface area (Å²) in [6.45, 7) is 5.84. The van der Waals surface area contributed by atoms with E-state index in [0.29, 0.717) is 11.5 Å². The summed E-state index contributed by atoms with van der Waals surface area (Å²) in [5.41, 5.74) is 2.73. The molecule has 156 valence electrons. The minimum atomic E-state index is -0.195. The fourth-order valence-electron chi connectivity index (χ4n) is 2.78. The van der Waals surface area contributed by atoms with Crippen LogP contribution in [0.5, 0.6) is 11.5 Å². The number of nitrogens with one attached hydrogen (secondary N) is 1. The Labute approximate surface area is 180 Å². The van der Waals surface area contributed by atoms with E-state index < -0.39 is 0 Å². The van der Waals surface area contributed by atoms with Crippen LogP contribution in [0, 0.1) is 0 Å². The summed E-state index contributed by atoms with van der Waals surface area (Å²) >= 11 is 1.52. The highest BCUT2D eigenvalue weighted by Crippen LogP contribution is 2.29. The summed E-state index contributed by atoms with van der Waals surface area (Å²) in [5, 5.41) is 5.78. The Hall–Kier alpha value is -3.19. The van der Waals surface area contributed by atoms with Crippen molar-refractivity contribution in [3.05, 3.63) is 64.8 Å². The van der Waals surface area contributed by atoms with Crippen LogP contribution >= 0.6 is 11.3 Å². The number of amides is 1. The van der Waals surface area contributed by atoms with Crippen LogP contribution in [-0.2, 0) is 4.79 Å². The number of ether oxygens (including phenoxy) is 2. The van der Waals surface area contributed by atoms with Gasteiger partial charge in [-0.15, -0.1) is 11.3 Å². The molecule has 3 aromatic rings. The van der Waals surface area contributed by atoms with Crippen LogP contribution in [0.15, 0.2) is 54.2 Å². The number of carbonyl (C=O) groups is 1. The number of pyridine rings is 1. The Kier molecular flexibility index (Phi) is 7.19. The lowest BCUT2D eigenvalue weighted by molar-refractivity contribution is -0.117. The van der Waals surface area contributed by atoms with Gasteiger partial charge in [-0.05, 0) is 56.7 Å². The Morgan fingerprint density at radius 2 is 1.90 bits per heavy atom. The topological polar surface area (TPSA) is 73.3 Å². The van der Waals surface area contributed by atoms with Crippen LogP contribution in [0.25, 0.3) is 17.3 Å². The zero-order valence-electron chi connectivity index (χ0n) is 17.5. The van der Waals surface area contributed by atoms with Crippen molar-refractivity contribution in [1.29, 1.82) is 0 Å². The summed E-state index contributed by atoms with van der Waals surface area (Å²) in [6, 6.07) is 9.20. The predicted molar refractivity (Wildman–Crippen MR) is 120 cm³/mol. The Balaban J connectivity index is 1.62. The number of rotatable bonds is 8. The second-order valence-corrected chi connectivity index (χ2v) is 7.84. The average Bonchev–Trinajstić information content (AvgIpc) is 3.24. The summed E-state index contributed by atoms with van der Waals surface area (Å²) in [5.74, 6) is 1.12. The van der Waals surface area contributed by atoms with Crippen LogP contribution in [0.2, 0.25) is 0 Å². The molecule has 3 rings (SSSR count). The third-order valence-corrected chi connectivity index (χ3v) is 5.23. The number of benzene rings is 1. The molecule has 6 nitrogen and oxygen atoms in total. The third kappa shape index (κ3) is 5.67. The smallest absolute Gasteiger partial charge is 0.244 e. The van der Waals surface area contributed by atoms with Gasteiger partial charge in [0.05, 0.1) is 24.9 Å². The molecule has 0 spiro atoms. The lowest BCUT2D eigenvalue weighted by Crippen LogP contribution is -2.24. The lowest BCUT2D eigenvalue weighted by Gasteiger charge is -2.13. The molecule has 2 heterocycles. The highest BCUT2D eigenvalue weighted by molar-refractivity contribution is 7.10. The average molecular weight is 424 g/mol. The normalized spacial score (nSPS) is 12.2. The Bertz CT molecular complexity index is 1020. The fraction of sp³-hybridized carbons (Fsp3) is 0.261. The molecular formula is C23H25N3O3S. The van der Waals surface area contributed by atoms with Gasteiger partial charge < -0.3 is 14.8 Å². The molecule has 1 atom stereocenters. The van der Waals surface area contributed by atoms with Crippen molar-refractivity contribution in [3.63, 3.8) is 0 Å². The molecule has 0 radical (unpaired) electrons. The Morgan fingerprint density at radius 1 is 1.13 bits per heavy atom. The van der Waals surface area contributed by atoms with Gasteiger partial charge in [-0.3, -0.25) is 9.78 Å². The number of aromatic nitrogens is 2. The number of hydrogen-bond donors (Lipinski definition) is 1. The fourth-order valence-corrected chi connectivity index (χ4v) is 3.61. The van der Waals surface area contributed by atoms with E-state index >= 15 is 0 Å². The third-order valence-electron chi connectivity index (χ3n) is 4.20. The second-order valence-electron chi connectivity index (χ2n) is 6.95. The first-order valence-corrected chi connectivity index (χ1v) is 10.5. The van der Waals surface area contributed by atoms with E-state index in [0.717, 1.165) is 21.8 Å². The maximum Gasteiger partial charge on any atom is 0.244 e. The van der Waals surface area contributed by atoms with E-state index in [9.17, 15) is 4.79 Å². The van der Waals surface area contributed by atoms with E-state index in [1.54, 1.807) is 25.6 Å². The van der Waals surface area contributed by atoms with E-state index in [1.165, 1.54) is 17.4 Å². The van der Waals surface area contributed by atoms with E-state index in [1.807, 2.05) is 56.5 Å². The molecule has 1 unspecified atom stereocenters. The zero-order chi connectivity index (χ0) is 21.5. The molecule has 0 aliphatic rings. The van der Waals surface area contributed by atoms with Crippen molar-refractivity contribution in [2.75, 3.05) is 7.11 Å². The molecule has 0 saturated carbocycles. The minimum Gasteiger partial charge on any atom is -0.493 e. The molecule has 1 N–H and O–H groups in total. The number of hydrogen-bond acceptors (Lipinski definition) is 6. The zero-order valence-corrected chi connectivity index (χ0v) is 18.3. The van der Waals surface area contributed by atoms with Gasteiger partial charge in [-0.25, -0.2) is 4.98 Å². The minimum absolute atomic E-state index is 0.0532. The van der Waals surface area contributed by atoms with Crippen LogP contribution in [0.4, 0.5) is 0 Å². The van der Waals surface area contributed by atoms with E-state index in [-0.39, 0.29) is 18.1 Å². The summed E-state index contributed by atoms with van der Waals surface area (Å²) < 4.78 is 11.1. The highest BCUT2D eigenvalue weighted by Gasteiger charge is 2.13. The summed E-state index contributed by atoms with van der Waals surface area (Å²) in [4.78, 5) is 21.0. The quantitative estimate of drug-likeness (QED) is 0.522. The van der Waals surface area contributed by atoms with E-state index in [4.69, 9.17) is 9.47 Å². The second kappa shape index (κ2) is 10.0. The van der Waals surface area contributed by atoms with Crippen molar-refractivity contribution in [2.45, 2.75) is 32.9 Å². The molecule has 0 aliphatic heterocycles. The van der Waals surface area contributed by atoms with Crippen molar-refractivity contribution in [3.8, 4) is 22.8 Å².